The lowest BCUT2D eigenvalue weighted by Gasteiger charge is -2.20. The number of nitrogens with zero attached hydrogens (tertiary/aromatic N) is 5. The summed E-state index contributed by atoms with van der Waals surface area (Å²) in [7, 11) is 1.49. The van der Waals surface area contributed by atoms with Gasteiger partial charge in [0.25, 0.3) is 5.56 Å². The van der Waals surface area contributed by atoms with Crippen molar-refractivity contribution >= 4 is 11.0 Å². The van der Waals surface area contributed by atoms with Crippen LogP contribution in [-0.4, -0.2) is 23.9 Å². The number of hydrogen-bond donors (Lipinski definition) is 0. The van der Waals surface area contributed by atoms with Gasteiger partial charge in [-0.3, -0.25) is 18.9 Å². The van der Waals surface area contributed by atoms with Gasteiger partial charge in [-0.25, -0.2) is 9.48 Å². The average Bonchev–Trinajstić information content (AvgIpc) is 3.24. The summed E-state index contributed by atoms with van der Waals surface area (Å²) in [6.07, 6.45) is 3.53. The first-order valence-electron chi connectivity index (χ1n) is 12.1. The first kappa shape index (κ1) is 24.2. The van der Waals surface area contributed by atoms with E-state index in [4.69, 9.17) is 9.84 Å². The molecular weight excluding hydrogens is 466 g/mol. The molecule has 3 heterocycles. The Morgan fingerprint density at radius 2 is 1.51 bits per heavy atom. The number of aromatic nitrogens is 5. The molecule has 0 amide bonds. The van der Waals surface area contributed by atoms with E-state index in [1.54, 1.807) is 21.6 Å². The fourth-order valence-electron chi connectivity index (χ4n) is 4.28. The number of fused-ring (bicyclic) bond motifs is 1. The summed E-state index contributed by atoms with van der Waals surface area (Å²) >= 11 is 0. The van der Waals surface area contributed by atoms with E-state index < -0.39 is 11.2 Å². The molecule has 8 nitrogen and oxygen atoms in total. The lowest BCUT2D eigenvalue weighted by molar-refractivity contribution is 0.337. The number of hydrogen-bond acceptors (Lipinski definition) is 5. The minimum Gasteiger partial charge on any atom is -0.438 e. The molecule has 0 spiro atoms. The van der Waals surface area contributed by atoms with E-state index in [1.165, 1.54) is 7.05 Å². The van der Waals surface area contributed by atoms with E-state index in [9.17, 15) is 9.59 Å². The van der Waals surface area contributed by atoms with Gasteiger partial charge in [-0.1, -0.05) is 63.2 Å². The van der Waals surface area contributed by atoms with Crippen LogP contribution in [-0.2, 0) is 20.1 Å². The number of benzene rings is 2. The third-order valence-corrected chi connectivity index (χ3v) is 6.07. The Morgan fingerprint density at radius 3 is 2.16 bits per heavy atom. The number of rotatable bonds is 6. The van der Waals surface area contributed by atoms with Gasteiger partial charge in [-0.2, -0.15) is 5.10 Å². The molecular formula is C29H29N5O3. The predicted octanol–water partition coefficient (Wildman–Crippen LogP) is 4.85. The topological polar surface area (TPSA) is 83.9 Å². The van der Waals surface area contributed by atoms with Crippen molar-refractivity contribution in [3.05, 3.63) is 106 Å². The summed E-state index contributed by atoms with van der Waals surface area (Å²) in [5, 5.41) is 5.05. The number of pyridine rings is 1. The molecule has 0 atom stereocenters. The Morgan fingerprint density at radius 1 is 0.865 bits per heavy atom. The predicted molar refractivity (Wildman–Crippen MR) is 144 cm³/mol. The molecule has 5 aromatic rings. The molecule has 2 aromatic carbocycles. The Hall–Kier alpha value is -4.46. The SMILES string of the molecule is Cn1c(=O)c2c(Oc3ccccc3)n(Cc3ccc(-c4ccncc4)cc3)nc2n(CC(C)(C)C)c1=O. The van der Waals surface area contributed by atoms with Crippen LogP contribution in [0.3, 0.4) is 0 Å². The standard InChI is InChI=1S/C29H29N5O3/c1-29(2,3)19-33-25-24(26(35)32(4)28(33)36)27(37-23-8-6-5-7-9-23)34(31-25)18-20-10-12-21(13-11-20)22-14-16-30-17-15-22/h5-17H,18-19H2,1-4H3. The molecule has 0 unspecified atom stereocenters. The van der Waals surface area contributed by atoms with Crippen molar-refractivity contribution in [1.82, 2.24) is 23.9 Å². The van der Waals surface area contributed by atoms with E-state index in [1.807, 2.05) is 87.5 Å². The molecule has 0 fully saturated rings. The van der Waals surface area contributed by atoms with Crippen LogP contribution in [0, 0.1) is 5.41 Å². The fraction of sp³-hybridized carbons (Fsp3) is 0.241. The Bertz CT molecular complexity index is 1660. The maximum Gasteiger partial charge on any atom is 0.332 e. The van der Waals surface area contributed by atoms with E-state index in [0.29, 0.717) is 30.4 Å². The third-order valence-electron chi connectivity index (χ3n) is 6.07. The highest BCUT2D eigenvalue weighted by Gasteiger charge is 2.25. The van der Waals surface area contributed by atoms with Gasteiger partial charge in [0.1, 0.15) is 11.1 Å². The molecule has 0 aliphatic carbocycles. The third kappa shape index (κ3) is 4.95. The highest BCUT2D eigenvalue weighted by molar-refractivity contribution is 5.81. The zero-order valence-electron chi connectivity index (χ0n) is 21.4. The van der Waals surface area contributed by atoms with Crippen LogP contribution < -0.4 is 16.0 Å². The molecule has 3 aromatic heterocycles. The smallest absolute Gasteiger partial charge is 0.332 e. The maximum absolute atomic E-state index is 13.4. The van der Waals surface area contributed by atoms with Crippen LogP contribution in [0.25, 0.3) is 22.2 Å². The van der Waals surface area contributed by atoms with Crippen molar-refractivity contribution < 1.29 is 4.74 Å². The molecule has 0 aliphatic heterocycles. The number of para-hydroxylation sites is 1. The second-order valence-electron chi connectivity index (χ2n) is 10.3. The van der Waals surface area contributed by atoms with Gasteiger partial charge in [-0.15, -0.1) is 0 Å². The van der Waals surface area contributed by atoms with Crippen LogP contribution in [0.2, 0.25) is 0 Å². The monoisotopic (exact) mass is 495 g/mol. The Kier molecular flexibility index (Phi) is 6.25. The van der Waals surface area contributed by atoms with E-state index >= 15 is 0 Å². The zero-order valence-corrected chi connectivity index (χ0v) is 21.4. The van der Waals surface area contributed by atoms with Crippen molar-refractivity contribution in [1.29, 1.82) is 0 Å². The van der Waals surface area contributed by atoms with Crippen LogP contribution >= 0.6 is 0 Å². The summed E-state index contributed by atoms with van der Waals surface area (Å²) in [5.41, 5.74) is 2.41. The van der Waals surface area contributed by atoms with Crippen LogP contribution in [0.4, 0.5) is 0 Å². The Balaban J connectivity index is 1.65. The molecule has 0 aliphatic rings. The average molecular weight is 496 g/mol. The van der Waals surface area contributed by atoms with Gasteiger partial charge >= 0.3 is 5.69 Å². The van der Waals surface area contributed by atoms with Gasteiger partial charge in [0.2, 0.25) is 5.88 Å². The normalized spacial score (nSPS) is 11.7. The second-order valence-corrected chi connectivity index (χ2v) is 10.3. The summed E-state index contributed by atoms with van der Waals surface area (Å²) in [5.74, 6) is 0.886. The Labute approximate surface area is 214 Å². The molecule has 0 bridgehead atoms. The van der Waals surface area contributed by atoms with Crippen LogP contribution in [0.1, 0.15) is 26.3 Å². The minimum absolute atomic E-state index is 0.207. The molecule has 0 saturated carbocycles. The zero-order chi connectivity index (χ0) is 26.2. The first-order chi connectivity index (χ1) is 17.7. The van der Waals surface area contributed by atoms with Crippen molar-refractivity contribution in [2.75, 3.05) is 0 Å². The fourth-order valence-corrected chi connectivity index (χ4v) is 4.28. The summed E-state index contributed by atoms with van der Waals surface area (Å²) in [4.78, 5) is 30.6. The number of ether oxygens (including phenoxy) is 1. The molecule has 5 rings (SSSR count). The lowest BCUT2D eigenvalue weighted by atomic mass is 9.97. The highest BCUT2D eigenvalue weighted by Crippen LogP contribution is 2.30. The van der Waals surface area contributed by atoms with Crippen molar-refractivity contribution in [2.45, 2.75) is 33.9 Å². The van der Waals surface area contributed by atoms with E-state index in [2.05, 4.69) is 4.98 Å². The van der Waals surface area contributed by atoms with Gasteiger partial charge < -0.3 is 4.74 Å². The van der Waals surface area contributed by atoms with Crippen molar-refractivity contribution in [2.24, 2.45) is 12.5 Å². The minimum atomic E-state index is -0.435. The molecule has 37 heavy (non-hydrogen) atoms. The largest absolute Gasteiger partial charge is 0.438 e. The molecule has 0 saturated heterocycles. The highest BCUT2D eigenvalue weighted by atomic mass is 16.5. The van der Waals surface area contributed by atoms with E-state index in [0.717, 1.165) is 21.3 Å². The summed E-state index contributed by atoms with van der Waals surface area (Å²) < 4.78 is 10.6. The lowest BCUT2D eigenvalue weighted by Crippen LogP contribution is -2.40. The molecule has 188 valence electrons. The second kappa shape index (κ2) is 9.54. The van der Waals surface area contributed by atoms with Crippen molar-refractivity contribution in [3.63, 3.8) is 0 Å². The maximum atomic E-state index is 13.4. The van der Waals surface area contributed by atoms with Crippen LogP contribution in [0.15, 0.2) is 88.7 Å². The van der Waals surface area contributed by atoms with Gasteiger partial charge in [0, 0.05) is 26.0 Å². The van der Waals surface area contributed by atoms with E-state index in [-0.39, 0.29) is 10.8 Å². The van der Waals surface area contributed by atoms with Gasteiger partial charge in [0.15, 0.2) is 5.65 Å². The summed E-state index contributed by atoms with van der Waals surface area (Å²) in [6, 6.07) is 21.3. The quantitative estimate of drug-likeness (QED) is 0.336. The molecule has 0 radical (unpaired) electrons. The van der Waals surface area contributed by atoms with Gasteiger partial charge in [0.05, 0.1) is 6.54 Å². The van der Waals surface area contributed by atoms with Crippen molar-refractivity contribution in [3.8, 4) is 22.8 Å². The van der Waals surface area contributed by atoms with Gasteiger partial charge in [-0.05, 0) is 46.4 Å². The molecule has 0 N–H and O–H groups in total. The molecule has 8 heteroatoms. The van der Waals surface area contributed by atoms with Crippen LogP contribution in [0.5, 0.6) is 11.6 Å². The summed E-state index contributed by atoms with van der Waals surface area (Å²) in [6.45, 7) is 6.89. The first-order valence-corrected chi connectivity index (χ1v) is 12.1.